The Morgan fingerprint density at radius 1 is 1.39 bits per heavy atom. The van der Waals surface area contributed by atoms with Crippen LogP contribution in [0.2, 0.25) is 0 Å². The van der Waals surface area contributed by atoms with Crippen LogP contribution in [0, 0.1) is 5.92 Å². The third kappa shape index (κ3) is 3.14. The van der Waals surface area contributed by atoms with Crippen molar-refractivity contribution in [3.05, 3.63) is 35.2 Å². The predicted octanol–water partition coefficient (Wildman–Crippen LogP) is 3.49. The highest BCUT2D eigenvalue weighted by Gasteiger charge is 2.16. The van der Waals surface area contributed by atoms with Gasteiger partial charge < -0.3 is 5.32 Å². The first-order chi connectivity index (χ1) is 11.3. The summed E-state index contributed by atoms with van der Waals surface area (Å²) < 4.78 is 1.85. The number of aromatic amines is 1. The number of carbonyl (C=O) groups is 1. The summed E-state index contributed by atoms with van der Waals surface area (Å²) in [5, 5.41) is 10.1. The minimum atomic E-state index is -0.142. The molecule has 3 aromatic rings. The fourth-order valence-corrected chi connectivity index (χ4v) is 4.08. The van der Waals surface area contributed by atoms with E-state index in [0.717, 1.165) is 23.0 Å². The number of hydrogen-bond acceptors (Lipinski definition) is 4. The number of amides is 1. The van der Waals surface area contributed by atoms with Crippen LogP contribution in [0.25, 0.3) is 4.96 Å². The Bertz CT molecular complexity index is 783. The summed E-state index contributed by atoms with van der Waals surface area (Å²) in [6.45, 7) is 0. The van der Waals surface area contributed by atoms with Crippen LogP contribution >= 0.6 is 11.3 Å². The number of nitrogens with zero attached hydrogens (tertiary/aromatic N) is 3. The van der Waals surface area contributed by atoms with E-state index in [4.69, 9.17) is 0 Å². The third-order valence-corrected chi connectivity index (χ3v) is 5.43. The SMILES string of the molecule is O=C(Nc1cc(CC2CCCCC2)[nH]n1)c1cn2ccnc2s1. The van der Waals surface area contributed by atoms with E-state index >= 15 is 0 Å². The number of fused-ring (bicyclic) bond motifs is 1. The van der Waals surface area contributed by atoms with Crippen molar-refractivity contribution in [2.45, 2.75) is 38.5 Å². The Balaban J connectivity index is 1.40. The van der Waals surface area contributed by atoms with E-state index in [9.17, 15) is 4.79 Å². The van der Waals surface area contributed by atoms with Crippen molar-refractivity contribution in [3.63, 3.8) is 0 Å². The van der Waals surface area contributed by atoms with Gasteiger partial charge in [0.05, 0.1) is 0 Å². The molecule has 120 valence electrons. The van der Waals surface area contributed by atoms with Gasteiger partial charge in [-0.15, -0.1) is 0 Å². The molecule has 23 heavy (non-hydrogen) atoms. The van der Waals surface area contributed by atoms with E-state index in [0.29, 0.717) is 10.7 Å². The zero-order chi connectivity index (χ0) is 15.6. The molecule has 7 heteroatoms. The van der Waals surface area contributed by atoms with Crippen LogP contribution in [0.5, 0.6) is 0 Å². The summed E-state index contributed by atoms with van der Waals surface area (Å²) >= 11 is 1.37. The van der Waals surface area contributed by atoms with Gasteiger partial charge in [0, 0.05) is 30.4 Å². The Kier molecular flexibility index (Phi) is 3.87. The molecule has 1 aliphatic rings. The average Bonchev–Trinajstić information content (AvgIpc) is 3.24. The van der Waals surface area contributed by atoms with Crippen LogP contribution in [0.15, 0.2) is 24.7 Å². The lowest BCUT2D eigenvalue weighted by Gasteiger charge is -2.20. The van der Waals surface area contributed by atoms with E-state index in [1.807, 2.05) is 16.7 Å². The van der Waals surface area contributed by atoms with Crippen molar-refractivity contribution >= 4 is 28.0 Å². The number of carbonyl (C=O) groups excluding carboxylic acids is 1. The lowest BCUT2D eigenvalue weighted by atomic mass is 9.86. The van der Waals surface area contributed by atoms with Gasteiger partial charge in [0.1, 0.15) is 4.88 Å². The smallest absolute Gasteiger partial charge is 0.268 e. The highest BCUT2D eigenvalue weighted by molar-refractivity contribution is 7.18. The van der Waals surface area contributed by atoms with E-state index in [1.165, 1.54) is 43.4 Å². The molecule has 1 amide bonds. The second kappa shape index (κ2) is 6.16. The molecule has 1 saturated carbocycles. The number of anilines is 1. The maximum absolute atomic E-state index is 12.3. The van der Waals surface area contributed by atoms with Crippen LogP contribution < -0.4 is 5.32 Å². The molecule has 1 aliphatic carbocycles. The van der Waals surface area contributed by atoms with Crippen molar-refractivity contribution in [2.24, 2.45) is 5.92 Å². The Morgan fingerprint density at radius 3 is 3.09 bits per heavy atom. The maximum atomic E-state index is 12.3. The number of H-pyrrole nitrogens is 1. The molecule has 0 unspecified atom stereocenters. The highest BCUT2D eigenvalue weighted by Crippen LogP contribution is 2.27. The summed E-state index contributed by atoms with van der Waals surface area (Å²) in [6, 6.07) is 1.95. The molecule has 1 fully saturated rings. The number of rotatable bonds is 4. The number of thiazole rings is 1. The molecule has 3 heterocycles. The summed E-state index contributed by atoms with van der Waals surface area (Å²) in [7, 11) is 0. The molecule has 0 saturated heterocycles. The van der Waals surface area contributed by atoms with Crippen LogP contribution in [-0.4, -0.2) is 25.5 Å². The third-order valence-electron chi connectivity index (χ3n) is 4.42. The molecule has 0 aromatic carbocycles. The van der Waals surface area contributed by atoms with Crippen LogP contribution in [-0.2, 0) is 6.42 Å². The van der Waals surface area contributed by atoms with Gasteiger partial charge in [0.25, 0.3) is 5.91 Å². The highest BCUT2D eigenvalue weighted by atomic mass is 32.1. The molecule has 2 N–H and O–H groups in total. The van der Waals surface area contributed by atoms with Gasteiger partial charge in [-0.3, -0.25) is 14.3 Å². The topological polar surface area (TPSA) is 75.1 Å². The fraction of sp³-hybridized carbons (Fsp3) is 0.438. The van der Waals surface area contributed by atoms with Gasteiger partial charge in [-0.2, -0.15) is 5.10 Å². The quantitative estimate of drug-likeness (QED) is 0.769. The molecule has 0 radical (unpaired) electrons. The second-order valence-electron chi connectivity index (χ2n) is 6.15. The number of aromatic nitrogens is 4. The molecule has 4 rings (SSSR count). The van der Waals surface area contributed by atoms with Crippen LogP contribution in [0.3, 0.4) is 0 Å². The minimum absolute atomic E-state index is 0.142. The first-order valence-corrected chi connectivity index (χ1v) is 8.88. The van der Waals surface area contributed by atoms with Crippen LogP contribution in [0.1, 0.15) is 47.5 Å². The summed E-state index contributed by atoms with van der Waals surface area (Å²) in [5.41, 5.74) is 1.10. The molecule has 0 aliphatic heterocycles. The molecule has 0 atom stereocenters. The molecular weight excluding hydrogens is 310 g/mol. The van der Waals surface area contributed by atoms with E-state index < -0.39 is 0 Å². The lowest BCUT2D eigenvalue weighted by Crippen LogP contribution is -2.10. The van der Waals surface area contributed by atoms with Crippen molar-refractivity contribution in [1.29, 1.82) is 0 Å². The van der Waals surface area contributed by atoms with E-state index in [2.05, 4.69) is 20.5 Å². The Hall–Kier alpha value is -2.15. The van der Waals surface area contributed by atoms with Gasteiger partial charge in [0.2, 0.25) is 0 Å². The summed E-state index contributed by atoms with van der Waals surface area (Å²) in [6.07, 6.45) is 13.0. The van der Waals surface area contributed by atoms with Gasteiger partial charge in [0.15, 0.2) is 10.8 Å². The molecule has 0 bridgehead atoms. The Morgan fingerprint density at radius 2 is 2.26 bits per heavy atom. The van der Waals surface area contributed by atoms with Gasteiger partial charge >= 0.3 is 0 Å². The van der Waals surface area contributed by atoms with Crippen molar-refractivity contribution in [3.8, 4) is 0 Å². The summed E-state index contributed by atoms with van der Waals surface area (Å²) in [4.78, 5) is 17.9. The number of imidazole rings is 1. The summed E-state index contributed by atoms with van der Waals surface area (Å²) in [5.74, 6) is 1.20. The molecule has 3 aromatic heterocycles. The monoisotopic (exact) mass is 329 g/mol. The largest absolute Gasteiger partial charge is 0.304 e. The maximum Gasteiger partial charge on any atom is 0.268 e. The van der Waals surface area contributed by atoms with Crippen LogP contribution in [0.4, 0.5) is 5.82 Å². The Labute approximate surface area is 137 Å². The normalized spacial score (nSPS) is 16.0. The minimum Gasteiger partial charge on any atom is -0.304 e. The zero-order valence-corrected chi connectivity index (χ0v) is 13.6. The molecular formula is C16H19N5OS. The molecule has 6 nitrogen and oxygen atoms in total. The fourth-order valence-electron chi connectivity index (χ4n) is 3.24. The van der Waals surface area contributed by atoms with Gasteiger partial charge in [-0.25, -0.2) is 4.98 Å². The second-order valence-corrected chi connectivity index (χ2v) is 7.16. The lowest BCUT2D eigenvalue weighted by molar-refractivity contribution is 0.103. The number of nitrogens with one attached hydrogen (secondary N) is 2. The zero-order valence-electron chi connectivity index (χ0n) is 12.8. The average molecular weight is 329 g/mol. The van der Waals surface area contributed by atoms with Crippen molar-refractivity contribution in [1.82, 2.24) is 19.6 Å². The molecule has 0 spiro atoms. The van der Waals surface area contributed by atoms with Gasteiger partial charge in [-0.1, -0.05) is 43.4 Å². The van der Waals surface area contributed by atoms with Crippen molar-refractivity contribution < 1.29 is 4.79 Å². The standard InChI is InChI=1S/C16H19N5OS/c22-15(13-10-21-7-6-17-16(21)23-13)18-14-9-12(19-20-14)8-11-4-2-1-3-5-11/h6-7,9-11H,1-5,8H2,(H2,18,19,20,22). The first kappa shape index (κ1) is 14.4. The van der Waals surface area contributed by atoms with Gasteiger partial charge in [-0.05, 0) is 12.3 Å². The van der Waals surface area contributed by atoms with E-state index in [-0.39, 0.29) is 5.91 Å². The van der Waals surface area contributed by atoms with Crippen molar-refractivity contribution in [2.75, 3.05) is 5.32 Å². The number of hydrogen-bond donors (Lipinski definition) is 2. The first-order valence-electron chi connectivity index (χ1n) is 8.06. The van der Waals surface area contributed by atoms with E-state index in [1.54, 1.807) is 12.4 Å². The predicted molar refractivity (Wildman–Crippen MR) is 89.9 cm³/mol.